The van der Waals surface area contributed by atoms with Crippen molar-refractivity contribution in [1.29, 1.82) is 0 Å². The molecule has 1 nitrogen and oxygen atoms in total. The highest BCUT2D eigenvalue weighted by atomic mass is 127. The highest BCUT2D eigenvalue weighted by Crippen LogP contribution is 2.27. The van der Waals surface area contributed by atoms with E-state index in [1.165, 1.54) is 9.64 Å². The van der Waals surface area contributed by atoms with Gasteiger partial charge in [0.1, 0.15) is 5.82 Å². The van der Waals surface area contributed by atoms with E-state index >= 15 is 0 Å². The zero-order chi connectivity index (χ0) is 13.8. The second kappa shape index (κ2) is 6.81. The van der Waals surface area contributed by atoms with Gasteiger partial charge in [-0.2, -0.15) is 0 Å². The molecule has 0 saturated heterocycles. The van der Waals surface area contributed by atoms with Gasteiger partial charge in [-0.15, -0.1) is 0 Å². The molecule has 0 bridgehead atoms. The molecule has 0 saturated carbocycles. The predicted molar refractivity (Wildman–Crippen MR) is 88.8 cm³/mol. The molecule has 0 aliphatic heterocycles. The van der Waals surface area contributed by atoms with Crippen molar-refractivity contribution in [1.82, 2.24) is 5.32 Å². The standard InChI is InChI=1S/C15H14BrFIN/c1-2-19-15(10-3-6-12(18)7-4-10)13-9-11(16)5-8-14(13)17/h3-9,15,19H,2H2,1H3. The van der Waals surface area contributed by atoms with E-state index in [4.69, 9.17) is 0 Å². The Morgan fingerprint density at radius 2 is 1.89 bits per heavy atom. The summed E-state index contributed by atoms with van der Waals surface area (Å²) in [5, 5.41) is 3.34. The number of halogens is 3. The van der Waals surface area contributed by atoms with E-state index in [1.807, 2.05) is 37.3 Å². The van der Waals surface area contributed by atoms with E-state index in [0.717, 1.165) is 16.6 Å². The summed E-state index contributed by atoms with van der Waals surface area (Å²) >= 11 is 5.67. The van der Waals surface area contributed by atoms with Crippen LogP contribution in [0.5, 0.6) is 0 Å². The predicted octanol–water partition coefficient (Wildman–Crippen LogP) is 4.89. The van der Waals surface area contributed by atoms with Gasteiger partial charge < -0.3 is 5.32 Å². The maximum atomic E-state index is 14.0. The van der Waals surface area contributed by atoms with E-state index in [9.17, 15) is 4.39 Å². The lowest BCUT2D eigenvalue weighted by molar-refractivity contribution is 0.558. The highest BCUT2D eigenvalue weighted by Gasteiger charge is 2.17. The maximum absolute atomic E-state index is 14.0. The summed E-state index contributed by atoms with van der Waals surface area (Å²) < 4.78 is 16.1. The van der Waals surface area contributed by atoms with Gasteiger partial charge >= 0.3 is 0 Å². The van der Waals surface area contributed by atoms with Crippen molar-refractivity contribution in [3.8, 4) is 0 Å². The first-order valence-corrected chi connectivity index (χ1v) is 7.92. The van der Waals surface area contributed by atoms with Crippen molar-refractivity contribution in [3.63, 3.8) is 0 Å². The van der Waals surface area contributed by atoms with Crippen LogP contribution < -0.4 is 5.32 Å². The Bertz CT molecular complexity index is 557. The van der Waals surface area contributed by atoms with Crippen LogP contribution in [0.3, 0.4) is 0 Å². The van der Waals surface area contributed by atoms with Crippen LogP contribution in [0.25, 0.3) is 0 Å². The normalized spacial score (nSPS) is 12.4. The summed E-state index contributed by atoms with van der Waals surface area (Å²) in [5.41, 5.74) is 1.73. The molecule has 2 rings (SSSR count). The van der Waals surface area contributed by atoms with Crippen molar-refractivity contribution in [2.45, 2.75) is 13.0 Å². The largest absolute Gasteiger partial charge is 0.306 e. The van der Waals surface area contributed by atoms with Crippen LogP contribution in [0.4, 0.5) is 4.39 Å². The van der Waals surface area contributed by atoms with Gasteiger partial charge in [0.2, 0.25) is 0 Å². The molecule has 100 valence electrons. The molecule has 0 radical (unpaired) electrons. The second-order valence-corrected chi connectivity index (χ2v) is 6.37. The molecule has 1 N–H and O–H groups in total. The fourth-order valence-electron chi connectivity index (χ4n) is 2.00. The highest BCUT2D eigenvalue weighted by molar-refractivity contribution is 14.1. The van der Waals surface area contributed by atoms with E-state index in [-0.39, 0.29) is 11.9 Å². The van der Waals surface area contributed by atoms with Crippen LogP contribution in [0.1, 0.15) is 24.1 Å². The molecule has 0 heterocycles. The number of nitrogens with one attached hydrogen (secondary N) is 1. The van der Waals surface area contributed by atoms with Gasteiger partial charge in [-0.1, -0.05) is 35.0 Å². The van der Waals surface area contributed by atoms with Gasteiger partial charge in [-0.05, 0) is 65.0 Å². The summed E-state index contributed by atoms with van der Waals surface area (Å²) in [4.78, 5) is 0. The molecule has 4 heteroatoms. The van der Waals surface area contributed by atoms with Crippen LogP contribution in [-0.4, -0.2) is 6.54 Å². The Morgan fingerprint density at radius 1 is 1.21 bits per heavy atom. The van der Waals surface area contributed by atoms with Crippen LogP contribution >= 0.6 is 38.5 Å². The summed E-state index contributed by atoms with van der Waals surface area (Å²) in [6.07, 6.45) is 0. The molecule has 0 spiro atoms. The van der Waals surface area contributed by atoms with Crippen molar-refractivity contribution < 1.29 is 4.39 Å². The van der Waals surface area contributed by atoms with Gasteiger partial charge in [0.25, 0.3) is 0 Å². The molecule has 1 atom stereocenters. The third-order valence-electron chi connectivity index (χ3n) is 2.88. The number of hydrogen-bond acceptors (Lipinski definition) is 1. The molecule has 2 aromatic rings. The first-order valence-electron chi connectivity index (χ1n) is 6.05. The van der Waals surface area contributed by atoms with Crippen molar-refractivity contribution in [2.75, 3.05) is 6.54 Å². The van der Waals surface area contributed by atoms with Crippen LogP contribution in [0.2, 0.25) is 0 Å². The Morgan fingerprint density at radius 3 is 2.53 bits per heavy atom. The average Bonchev–Trinajstić information content (AvgIpc) is 2.40. The topological polar surface area (TPSA) is 12.0 Å². The molecule has 0 aliphatic carbocycles. The van der Waals surface area contributed by atoms with Gasteiger partial charge in [0.05, 0.1) is 6.04 Å². The van der Waals surface area contributed by atoms with E-state index in [1.54, 1.807) is 6.07 Å². The van der Waals surface area contributed by atoms with Crippen LogP contribution in [-0.2, 0) is 0 Å². The lowest BCUT2D eigenvalue weighted by atomic mass is 9.98. The minimum Gasteiger partial charge on any atom is -0.306 e. The lowest BCUT2D eigenvalue weighted by Gasteiger charge is -2.20. The lowest BCUT2D eigenvalue weighted by Crippen LogP contribution is -2.23. The molecular weight excluding hydrogens is 420 g/mol. The Hall–Kier alpha value is -0.460. The summed E-state index contributed by atoms with van der Waals surface area (Å²) in [5.74, 6) is -0.187. The van der Waals surface area contributed by atoms with Gasteiger partial charge in [-0.3, -0.25) is 0 Å². The number of hydrogen-bond donors (Lipinski definition) is 1. The smallest absolute Gasteiger partial charge is 0.128 e. The van der Waals surface area contributed by atoms with E-state index in [0.29, 0.717) is 5.56 Å². The Kier molecular flexibility index (Phi) is 5.36. The maximum Gasteiger partial charge on any atom is 0.128 e. The summed E-state index contributed by atoms with van der Waals surface area (Å²) in [6, 6.07) is 13.1. The third-order valence-corrected chi connectivity index (χ3v) is 4.09. The molecular formula is C15H14BrFIN. The summed E-state index contributed by atoms with van der Waals surface area (Å²) in [6.45, 7) is 2.80. The monoisotopic (exact) mass is 433 g/mol. The quantitative estimate of drug-likeness (QED) is 0.676. The van der Waals surface area contributed by atoms with Crippen molar-refractivity contribution in [3.05, 3.63) is 67.5 Å². The van der Waals surface area contributed by atoms with E-state index in [2.05, 4.69) is 43.8 Å². The fourth-order valence-corrected chi connectivity index (χ4v) is 2.74. The second-order valence-electron chi connectivity index (χ2n) is 4.21. The van der Waals surface area contributed by atoms with Crippen molar-refractivity contribution >= 4 is 38.5 Å². The molecule has 0 amide bonds. The van der Waals surface area contributed by atoms with Crippen molar-refractivity contribution in [2.24, 2.45) is 0 Å². The third kappa shape index (κ3) is 3.77. The molecule has 2 aromatic carbocycles. The Balaban J connectivity index is 2.44. The number of rotatable bonds is 4. The zero-order valence-corrected chi connectivity index (χ0v) is 14.2. The molecule has 0 aliphatic rings. The van der Waals surface area contributed by atoms with Gasteiger partial charge in [0.15, 0.2) is 0 Å². The summed E-state index contributed by atoms with van der Waals surface area (Å²) in [7, 11) is 0. The van der Waals surface area contributed by atoms with Crippen LogP contribution in [0, 0.1) is 9.39 Å². The number of benzene rings is 2. The van der Waals surface area contributed by atoms with Crippen LogP contribution in [0.15, 0.2) is 46.9 Å². The minimum atomic E-state index is -0.187. The SMILES string of the molecule is CCNC(c1ccc(I)cc1)c1cc(Br)ccc1F. The first kappa shape index (κ1) is 14.9. The minimum absolute atomic E-state index is 0.125. The molecule has 0 fully saturated rings. The average molecular weight is 434 g/mol. The van der Waals surface area contributed by atoms with Gasteiger partial charge in [0, 0.05) is 13.6 Å². The van der Waals surface area contributed by atoms with E-state index < -0.39 is 0 Å². The zero-order valence-electron chi connectivity index (χ0n) is 10.5. The fraction of sp³-hybridized carbons (Fsp3) is 0.200. The Labute approximate surface area is 134 Å². The first-order chi connectivity index (χ1) is 9.11. The van der Waals surface area contributed by atoms with Gasteiger partial charge in [-0.25, -0.2) is 4.39 Å². The molecule has 1 unspecified atom stereocenters. The molecule has 19 heavy (non-hydrogen) atoms. The molecule has 0 aromatic heterocycles.